The second-order valence-corrected chi connectivity index (χ2v) is 8.68. The summed E-state index contributed by atoms with van der Waals surface area (Å²) >= 11 is 6.11. The largest absolute Gasteiger partial charge is 0.342 e. The van der Waals surface area contributed by atoms with Gasteiger partial charge in [0.2, 0.25) is 0 Å². The molecule has 1 aliphatic carbocycles. The van der Waals surface area contributed by atoms with Gasteiger partial charge in [0, 0.05) is 22.5 Å². The fraction of sp³-hybridized carbons (Fsp3) is 0.333. The van der Waals surface area contributed by atoms with Crippen LogP contribution in [-0.4, -0.2) is 15.0 Å². The number of nitrogens with zero attached hydrogens (tertiary/aromatic N) is 2. The topological polar surface area (TPSA) is 41.6 Å². The molecule has 29 heavy (non-hydrogen) atoms. The van der Waals surface area contributed by atoms with Gasteiger partial charge in [-0.05, 0) is 85.5 Å². The predicted molar refractivity (Wildman–Crippen MR) is 116 cm³/mol. The molecule has 3 nitrogen and oxygen atoms in total. The molecule has 148 valence electrons. The van der Waals surface area contributed by atoms with Gasteiger partial charge in [0.05, 0.1) is 16.6 Å². The molecular formula is C24H23ClFN3. The Labute approximate surface area is 174 Å². The molecule has 0 saturated heterocycles. The van der Waals surface area contributed by atoms with Crippen LogP contribution in [0.25, 0.3) is 21.9 Å². The number of aromatic amines is 1. The molecule has 0 amide bonds. The molecule has 0 bridgehead atoms. The van der Waals surface area contributed by atoms with Crippen molar-refractivity contribution in [1.82, 2.24) is 15.0 Å². The average molecular weight is 408 g/mol. The number of halogens is 2. The second kappa shape index (κ2) is 7.42. The lowest BCUT2D eigenvalue weighted by molar-refractivity contribution is 0.286. The lowest BCUT2D eigenvalue weighted by atomic mass is 9.73. The van der Waals surface area contributed by atoms with E-state index in [1.807, 2.05) is 24.4 Å². The molecule has 1 fully saturated rings. The second-order valence-electron chi connectivity index (χ2n) is 8.25. The van der Waals surface area contributed by atoms with E-state index in [2.05, 4.69) is 23.0 Å². The highest BCUT2D eigenvalue weighted by Gasteiger charge is 2.29. The number of pyridine rings is 1. The summed E-state index contributed by atoms with van der Waals surface area (Å²) in [6, 6.07) is 12.7. The maximum Gasteiger partial charge on any atom is 0.123 e. The van der Waals surface area contributed by atoms with Crippen LogP contribution < -0.4 is 0 Å². The summed E-state index contributed by atoms with van der Waals surface area (Å²) in [6.45, 7) is 2.27. The Morgan fingerprint density at radius 1 is 1.03 bits per heavy atom. The van der Waals surface area contributed by atoms with E-state index in [-0.39, 0.29) is 5.82 Å². The standard InChI is InChI=1S/C24H23ClFN3/c1-14(24-28-22-8-6-17(25)12-23(22)29-24)15-2-4-16(5-3-15)19-10-11-27-21-9-7-18(26)13-20(19)21/h6-16H,2-5H2,1H3,(H,28,29)/t14?,15-,16-. The number of hydrogen-bond donors (Lipinski definition) is 1. The fourth-order valence-electron chi connectivity index (χ4n) is 4.87. The minimum absolute atomic E-state index is 0.195. The first-order chi connectivity index (χ1) is 14.1. The van der Waals surface area contributed by atoms with E-state index in [1.165, 1.54) is 11.6 Å². The number of aromatic nitrogens is 3. The first-order valence-corrected chi connectivity index (χ1v) is 10.7. The van der Waals surface area contributed by atoms with Gasteiger partial charge in [-0.3, -0.25) is 4.98 Å². The highest BCUT2D eigenvalue weighted by atomic mass is 35.5. The van der Waals surface area contributed by atoms with Gasteiger partial charge in [0.1, 0.15) is 11.6 Å². The third-order valence-electron chi connectivity index (χ3n) is 6.55. The lowest BCUT2D eigenvalue weighted by Crippen LogP contribution is -2.19. The van der Waals surface area contributed by atoms with Gasteiger partial charge in [-0.15, -0.1) is 0 Å². The fourth-order valence-corrected chi connectivity index (χ4v) is 5.04. The van der Waals surface area contributed by atoms with Crippen LogP contribution in [0.1, 0.15) is 55.8 Å². The third-order valence-corrected chi connectivity index (χ3v) is 6.78. The van der Waals surface area contributed by atoms with Crippen molar-refractivity contribution in [1.29, 1.82) is 0 Å². The van der Waals surface area contributed by atoms with E-state index in [0.29, 0.717) is 17.8 Å². The molecule has 5 rings (SSSR count). The Hall–Kier alpha value is -2.46. The number of rotatable bonds is 3. The maximum atomic E-state index is 13.8. The Bertz CT molecular complexity index is 1180. The Morgan fingerprint density at radius 3 is 2.66 bits per heavy atom. The third kappa shape index (κ3) is 3.51. The molecular weight excluding hydrogens is 385 g/mol. The first-order valence-electron chi connectivity index (χ1n) is 10.3. The van der Waals surface area contributed by atoms with Crippen LogP contribution in [0.5, 0.6) is 0 Å². The lowest BCUT2D eigenvalue weighted by Gasteiger charge is -2.32. The van der Waals surface area contributed by atoms with Crippen molar-refractivity contribution in [3.63, 3.8) is 0 Å². The normalized spacial score (nSPS) is 20.9. The predicted octanol–water partition coefficient (Wildman–Crippen LogP) is 6.98. The van der Waals surface area contributed by atoms with Crippen molar-refractivity contribution in [2.45, 2.75) is 44.4 Å². The van der Waals surface area contributed by atoms with E-state index in [1.54, 1.807) is 12.1 Å². The van der Waals surface area contributed by atoms with E-state index < -0.39 is 0 Å². The number of nitrogens with one attached hydrogen (secondary N) is 1. The van der Waals surface area contributed by atoms with E-state index in [0.717, 1.165) is 58.5 Å². The van der Waals surface area contributed by atoms with Crippen LogP contribution in [0.3, 0.4) is 0 Å². The molecule has 1 unspecified atom stereocenters. The molecule has 1 N–H and O–H groups in total. The zero-order valence-corrected chi connectivity index (χ0v) is 17.1. The van der Waals surface area contributed by atoms with Gasteiger partial charge in [-0.25, -0.2) is 9.37 Å². The molecule has 1 aliphatic rings. The summed E-state index contributed by atoms with van der Waals surface area (Å²) in [7, 11) is 0. The molecule has 1 saturated carbocycles. The summed E-state index contributed by atoms with van der Waals surface area (Å²) in [5.41, 5.74) is 4.08. The average Bonchev–Trinajstić information content (AvgIpc) is 3.16. The van der Waals surface area contributed by atoms with Gasteiger partial charge in [-0.2, -0.15) is 0 Å². The summed E-state index contributed by atoms with van der Waals surface area (Å²) in [5, 5.41) is 1.68. The summed E-state index contributed by atoms with van der Waals surface area (Å²) in [5.74, 6) is 2.27. The van der Waals surface area contributed by atoms with Crippen LogP contribution >= 0.6 is 11.6 Å². The van der Waals surface area contributed by atoms with Crippen molar-refractivity contribution in [2.75, 3.05) is 0 Å². The van der Waals surface area contributed by atoms with E-state index in [9.17, 15) is 4.39 Å². The van der Waals surface area contributed by atoms with Gasteiger partial charge in [0.15, 0.2) is 0 Å². The minimum atomic E-state index is -0.195. The van der Waals surface area contributed by atoms with Crippen LogP contribution in [0.4, 0.5) is 4.39 Å². The van der Waals surface area contributed by atoms with Gasteiger partial charge >= 0.3 is 0 Å². The van der Waals surface area contributed by atoms with Crippen LogP contribution in [0.2, 0.25) is 5.02 Å². The number of benzene rings is 2. The van der Waals surface area contributed by atoms with Crippen molar-refractivity contribution < 1.29 is 4.39 Å². The van der Waals surface area contributed by atoms with Crippen LogP contribution in [0, 0.1) is 11.7 Å². The SMILES string of the molecule is CC(c1nc2ccc(Cl)cc2[nH]1)[C@H]1CC[C@H](c2ccnc3ccc(F)cc32)CC1. The summed E-state index contributed by atoms with van der Waals surface area (Å²) < 4.78 is 13.8. The number of hydrogen-bond acceptors (Lipinski definition) is 2. The first kappa shape index (κ1) is 18.6. The molecule has 2 aromatic heterocycles. The molecule has 0 radical (unpaired) electrons. The highest BCUT2D eigenvalue weighted by Crippen LogP contribution is 2.43. The Kier molecular flexibility index (Phi) is 4.75. The summed E-state index contributed by atoms with van der Waals surface area (Å²) in [4.78, 5) is 12.7. The smallest absolute Gasteiger partial charge is 0.123 e. The van der Waals surface area contributed by atoms with E-state index >= 15 is 0 Å². The zero-order chi connectivity index (χ0) is 20.0. The van der Waals surface area contributed by atoms with Crippen molar-refractivity contribution >= 4 is 33.5 Å². The van der Waals surface area contributed by atoms with Crippen LogP contribution in [-0.2, 0) is 0 Å². The quantitative estimate of drug-likeness (QED) is 0.398. The molecule has 2 heterocycles. The van der Waals surface area contributed by atoms with Crippen molar-refractivity contribution in [3.05, 3.63) is 70.9 Å². The summed E-state index contributed by atoms with van der Waals surface area (Å²) in [6.07, 6.45) is 6.35. The minimum Gasteiger partial charge on any atom is -0.342 e. The van der Waals surface area contributed by atoms with E-state index in [4.69, 9.17) is 16.6 Å². The Balaban J connectivity index is 1.34. The molecule has 0 spiro atoms. The van der Waals surface area contributed by atoms with Crippen LogP contribution in [0.15, 0.2) is 48.7 Å². The number of imidazole rings is 1. The molecule has 5 heteroatoms. The monoisotopic (exact) mass is 407 g/mol. The van der Waals surface area contributed by atoms with Gasteiger partial charge in [-0.1, -0.05) is 18.5 Å². The van der Waals surface area contributed by atoms with Crippen molar-refractivity contribution in [3.8, 4) is 0 Å². The number of fused-ring (bicyclic) bond motifs is 2. The van der Waals surface area contributed by atoms with Crippen molar-refractivity contribution in [2.24, 2.45) is 5.92 Å². The molecule has 4 aromatic rings. The Morgan fingerprint density at radius 2 is 1.83 bits per heavy atom. The van der Waals surface area contributed by atoms with Gasteiger partial charge < -0.3 is 4.98 Å². The number of H-pyrrole nitrogens is 1. The highest BCUT2D eigenvalue weighted by molar-refractivity contribution is 6.31. The molecule has 1 atom stereocenters. The zero-order valence-electron chi connectivity index (χ0n) is 16.3. The maximum absolute atomic E-state index is 13.8. The molecule has 0 aliphatic heterocycles. The molecule has 2 aromatic carbocycles. The van der Waals surface area contributed by atoms with Gasteiger partial charge in [0.25, 0.3) is 0 Å².